The Bertz CT molecular complexity index is 685. The van der Waals surface area contributed by atoms with Gasteiger partial charge in [0.15, 0.2) is 5.69 Å². The molecule has 0 amide bonds. The van der Waals surface area contributed by atoms with E-state index >= 15 is 0 Å². The number of nitrogens with zero attached hydrogens (tertiary/aromatic N) is 2. The van der Waals surface area contributed by atoms with Crippen molar-refractivity contribution in [3.05, 3.63) is 35.4 Å². The molecule has 19 heavy (non-hydrogen) atoms. The average molecular weight is 260 g/mol. The summed E-state index contributed by atoms with van der Waals surface area (Å²) in [5.41, 5.74) is -0.0396. The third-order valence-corrected chi connectivity index (χ3v) is 3.59. The molecule has 98 valence electrons. The Hall–Kier alpha value is -2.37. The fourth-order valence-electron chi connectivity index (χ4n) is 2.44. The molecule has 0 bridgehead atoms. The van der Waals surface area contributed by atoms with E-state index < -0.39 is 11.9 Å². The van der Waals surface area contributed by atoms with Crippen LogP contribution < -0.4 is 0 Å². The maximum atomic E-state index is 11.3. The SMILES string of the molecule is O=C(O)c1cccn2c(C3CCC3)nc(C(=O)O)c12. The van der Waals surface area contributed by atoms with Crippen molar-refractivity contribution >= 4 is 17.5 Å². The number of aromatic carboxylic acids is 2. The molecule has 2 aromatic rings. The summed E-state index contributed by atoms with van der Waals surface area (Å²) in [6, 6.07) is 3.00. The minimum atomic E-state index is -1.20. The molecule has 6 nitrogen and oxygen atoms in total. The molecule has 6 heteroatoms. The monoisotopic (exact) mass is 260 g/mol. The zero-order chi connectivity index (χ0) is 13.6. The van der Waals surface area contributed by atoms with E-state index in [1.807, 2.05) is 0 Å². The fourth-order valence-corrected chi connectivity index (χ4v) is 2.44. The normalized spacial score (nSPS) is 15.4. The van der Waals surface area contributed by atoms with Crippen molar-refractivity contribution < 1.29 is 19.8 Å². The van der Waals surface area contributed by atoms with Gasteiger partial charge in [-0.05, 0) is 25.0 Å². The van der Waals surface area contributed by atoms with Crippen LogP contribution in [0.2, 0.25) is 0 Å². The molecule has 1 aliphatic carbocycles. The van der Waals surface area contributed by atoms with Crippen molar-refractivity contribution in [1.29, 1.82) is 0 Å². The second kappa shape index (κ2) is 4.08. The summed E-state index contributed by atoms with van der Waals surface area (Å²) in [4.78, 5) is 26.6. The minimum Gasteiger partial charge on any atom is -0.478 e. The first-order valence-corrected chi connectivity index (χ1v) is 6.07. The van der Waals surface area contributed by atoms with Gasteiger partial charge in [0.05, 0.1) is 11.1 Å². The van der Waals surface area contributed by atoms with E-state index in [-0.39, 0.29) is 22.7 Å². The van der Waals surface area contributed by atoms with Gasteiger partial charge >= 0.3 is 11.9 Å². The minimum absolute atomic E-state index is 0.0297. The van der Waals surface area contributed by atoms with Gasteiger partial charge in [0.25, 0.3) is 0 Å². The molecular weight excluding hydrogens is 248 g/mol. The van der Waals surface area contributed by atoms with Crippen LogP contribution in [-0.2, 0) is 0 Å². The standard InChI is InChI=1S/C13H12N2O4/c16-12(17)8-5-2-6-15-10(8)9(13(18)19)14-11(15)7-3-1-4-7/h2,5-7H,1,3-4H2,(H,16,17)(H,18,19). The quantitative estimate of drug-likeness (QED) is 0.880. The van der Waals surface area contributed by atoms with Crippen LogP contribution in [0.1, 0.15) is 51.9 Å². The molecule has 0 unspecified atom stereocenters. The van der Waals surface area contributed by atoms with E-state index in [2.05, 4.69) is 4.98 Å². The summed E-state index contributed by atoms with van der Waals surface area (Å²) < 4.78 is 1.61. The number of pyridine rings is 1. The lowest BCUT2D eigenvalue weighted by Gasteiger charge is -2.23. The van der Waals surface area contributed by atoms with Gasteiger partial charge in [-0.2, -0.15) is 0 Å². The zero-order valence-electron chi connectivity index (χ0n) is 10.0. The number of fused-ring (bicyclic) bond motifs is 1. The number of carboxylic acid groups (broad SMARTS) is 2. The molecule has 1 aliphatic rings. The molecule has 0 spiro atoms. The van der Waals surface area contributed by atoms with Gasteiger partial charge in [0.1, 0.15) is 5.82 Å². The molecule has 0 saturated heterocycles. The van der Waals surface area contributed by atoms with Crippen molar-refractivity contribution in [3.63, 3.8) is 0 Å². The van der Waals surface area contributed by atoms with Gasteiger partial charge in [-0.15, -0.1) is 0 Å². The largest absolute Gasteiger partial charge is 0.478 e. The molecule has 0 atom stereocenters. The van der Waals surface area contributed by atoms with Gasteiger partial charge < -0.3 is 14.6 Å². The van der Waals surface area contributed by atoms with Crippen LogP contribution in [-0.4, -0.2) is 31.5 Å². The lowest BCUT2D eigenvalue weighted by Crippen LogP contribution is -2.12. The van der Waals surface area contributed by atoms with Crippen LogP contribution in [0.3, 0.4) is 0 Å². The predicted octanol–water partition coefficient (Wildman–Crippen LogP) is 2.00. The first-order chi connectivity index (χ1) is 9.09. The average Bonchev–Trinajstić information content (AvgIpc) is 2.66. The molecule has 2 aromatic heterocycles. The topological polar surface area (TPSA) is 91.9 Å². The highest BCUT2D eigenvalue weighted by atomic mass is 16.4. The third-order valence-electron chi connectivity index (χ3n) is 3.59. The summed E-state index contributed by atoms with van der Waals surface area (Å²) in [5, 5.41) is 18.4. The number of imidazole rings is 1. The van der Waals surface area contributed by atoms with E-state index in [0.29, 0.717) is 5.82 Å². The van der Waals surface area contributed by atoms with E-state index in [1.165, 1.54) is 6.07 Å². The Kier molecular flexibility index (Phi) is 2.51. The fraction of sp³-hybridized carbons (Fsp3) is 0.308. The number of carbonyl (C=O) groups is 2. The summed E-state index contributed by atoms with van der Waals surface area (Å²) in [5.74, 6) is -1.46. The van der Waals surface area contributed by atoms with Crippen molar-refractivity contribution in [2.45, 2.75) is 25.2 Å². The van der Waals surface area contributed by atoms with E-state index in [4.69, 9.17) is 0 Å². The van der Waals surface area contributed by atoms with Gasteiger partial charge in [-0.3, -0.25) is 0 Å². The Labute approximate surface area is 108 Å². The summed E-state index contributed by atoms with van der Waals surface area (Å²) in [6.45, 7) is 0. The third kappa shape index (κ3) is 1.68. The van der Waals surface area contributed by atoms with Crippen molar-refractivity contribution in [1.82, 2.24) is 9.38 Å². The maximum Gasteiger partial charge on any atom is 0.356 e. The molecule has 0 aliphatic heterocycles. The first kappa shape index (κ1) is 11.7. The lowest BCUT2D eigenvalue weighted by atomic mass is 9.85. The number of aromatic nitrogens is 2. The number of carboxylic acids is 2. The molecule has 2 heterocycles. The molecule has 0 radical (unpaired) electrons. The highest BCUT2D eigenvalue weighted by Crippen LogP contribution is 2.37. The lowest BCUT2D eigenvalue weighted by molar-refractivity contribution is 0.0691. The second-order valence-electron chi connectivity index (χ2n) is 4.70. The second-order valence-corrected chi connectivity index (χ2v) is 4.70. The van der Waals surface area contributed by atoms with Crippen molar-refractivity contribution in [2.24, 2.45) is 0 Å². The van der Waals surface area contributed by atoms with Crippen LogP contribution in [0.5, 0.6) is 0 Å². The highest BCUT2D eigenvalue weighted by molar-refractivity contribution is 6.03. The van der Waals surface area contributed by atoms with Gasteiger partial charge in [0.2, 0.25) is 0 Å². The Morgan fingerprint density at radius 3 is 2.53 bits per heavy atom. The van der Waals surface area contributed by atoms with Gasteiger partial charge in [-0.1, -0.05) is 6.42 Å². The van der Waals surface area contributed by atoms with Crippen LogP contribution in [0.25, 0.3) is 5.52 Å². The van der Waals surface area contributed by atoms with Crippen LogP contribution in [0, 0.1) is 0 Å². The molecular formula is C13H12N2O4. The van der Waals surface area contributed by atoms with Gasteiger partial charge in [0, 0.05) is 12.1 Å². The number of hydrogen-bond donors (Lipinski definition) is 2. The van der Waals surface area contributed by atoms with Crippen LogP contribution in [0.15, 0.2) is 18.3 Å². The summed E-state index contributed by atoms with van der Waals surface area (Å²) in [7, 11) is 0. The first-order valence-electron chi connectivity index (χ1n) is 6.07. The van der Waals surface area contributed by atoms with E-state index in [0.717, 1.165) is 19.3 Å². The van der Waals surface area contributed by atoms with E-state index in [1.54, 1.807) is 16.7 Å². The maximum absolute atomic E-state index is 11.3. The van der Waals surface area contributed by atoms with Crippen molar-refractivity contribution in [2.75, 3.05) is 0 Å². The molecule has 0 aromatic carbocycles. The predicted molar refractivity (Wildman–Crippen MR) is 65.7 cm³/mol. The van der Waals surface area contributed by atoms with Crippen molar-refractivity contribution in [3.8, 4) is 0 Å². The summed E-state index contributed by atoms with van der Waals surface area (Å²) in [6.07, 6.45) is 4.71. The highest BCUT2D eigenvalue weighted by Gasteiger charge is 2.29. The molecule has 3 rings (SSSR count). The number of rotatable bonds is 3. The Morgan fingerprint density at radius 1 is 1.26 bits per heavy atom. The Morgan fingerprint density at radius 2 is 2.00 bits per heavy atom. The summed E-state index contributed by atoms with van der Waals surface area (Å²) >= 11 is 0. The zero-order valence-corrected chi connectivity index (χ0v) is 10.0. The number of hydrogen-bond acceptors (Lipinski definition) is 3. The van der Waals surface area contributed by atoms with Crippen LogP contribution >= 0.6 is 0 Å². The van der Waals surface area contributed by atoms with Gasteiger partial charge in [-0.25, -0.2) is 14.6 Å². The molecule has 1 saturated carbocycles. The molecule has 1 fully saturated rings. The Balaban J connectivity index is 2.33. The molecule has 2 N–H and O–H groups in total. The van der Waals surface area contributed by atoms with Crippen LogP contribution in [0.4, 0.5) is 0 Å². The van der Waals surface area contributed by atoms with E-state index in [9.17, 15) is 19.8 Å². The smallest absolute Gasteiger partial charge is 0.356 e.